The lowest BCUT2D eigenvalue weighted by atomic mass is 10.2. The van der Waals surface area contributed by atoms with Gasteiger partial charge in [-0.25, -0.2) is 4.98 Å². The van der Waals surface area contributed by atoms with Gasteiger partial charge in [0.2, 0.25) is 0 Å². The molecule has 1 heterocycles. The molecular weight excluding hydrogens is 218 g/mol. The molecule has 0 spiro atoms. The number of pyridine rings is 1. The largest absolute Gasteiger partial charge is 0.465 e. The molecule has 1 aromatic heterocycles. The zero-order valence-electron chi connectivity index (χ0n) is 10.0. The number of hydrogen-bond donors (Lipinski definition) is 0. The van der Waals surface area contributed by atoms with Gasteiger partial charge in [-0.3, -0.25) is 9.69 Å². The van der Waals surface area contributed by atoms with Crippen molar-refractivity contribution >= 4 is 5.97 Å². The van der Waals surface area contributed by atoms with Crippen LogP contribution >= 0.6 is 0 Å². The summed E-state index contributed by atoms with van der Waals surface area (Å²) >= 11 is 0. The summed E-state index contributed by atoms with van der Waals surface area (Å²) in [6.07, 6.45) is 1.59. The van der Waals surface area contributed by atoms with Crippen LogP contribution in [0.2, 0.25) is 0 Å². The van der Waals surface area contributed by atoms with E-state index in [1.54, 1.807) is 19.2 Å². The van der Waals surface area contributed by atoms with Gasteiger partial charge in [-0.1, -0.05) is 0 Å². The maximum atomic E-state index is 11.2. The van der Waals surface area contributed by atoms with Crippen LogP contribution in [0.15, 0.2) is 18.3 Å². The van der Waals surface area contributed by atoms with Crippen LogP contribution < -0.4 is 0 Å². The predicted molar refractivity (Wildman–Crippen MR) is 61.9 cm³/mol. The van der Waals surface area contributed by atoms with E-state index in [-0.39, 0.29) is 12.5 Å². The highest BCUT2D eigenvalue weighted by molar-refractivity contribution is 5.71. The van der Waals surface area contributed by atoms with E-state index in [2.05, 4.69) is 4.98 Å². The van der Waals surface area contributed by atoms with Gasteiger partial charge < -0.3 is 4.74 Å². The summed E-state index contributed by atoms with van der Waals surface area (Å²) < 4.78 is 4.85. The van der Waals surface area contributed by atoms with E-state index in [1.807, 2.05) is 24.1 Å². The van der Waals surface area contributed by atoms with Crippen molar-refractivity contribution in [3.8, 4) is 6.07 Å². The lowest BCUT2D eigenvalue weighted by Crippen LogP contribution is -2.27. The zero-order valence-corrected chi connectivity index (χ0v) is 10.0. The molecule has 0 aliphatic rings. The molecule has 17 heavy (non-hydrogen) atoms. The smallest absolute Gasteiger partial charge is 0.320 e. The van der Waals surface area contributed by atoms with E-state index in [1.165, 1.54) is 0 Å². The Kier molecular flexibility index (Phi) is 5.11. The zero-order chi connectivity index (χ0) is 12.7. The Balaban J connectivity index is 2.53. The summed E-state index contributed by atoms with van der Waals surface area (Å²) in [5, 5.41) is 8.71. The van der Waals surface area contributed by atoms with Crippen LogP contribution in [0, 0.1) is 11.3 Å². The number of carbonyl (C=O) groups is 1. The molecular formula is C12H15N3O2. The van der Waals surface area contributed by atoms with Crippen LogP contribution in [0.1, 0.15) is 18.2 Å². The Morgan fingerprint density at radius 2 is 2.41 bits per heavy atom. The topological polar surface area (TPSA) is 66.2 Å². The summed E-state index contributed by atoms with van der Waals surface area (Å²) in [5.74, 6) is -0.246. The maximum absolute atomic E-state index is 11.2. The number of nitriles is 1. The molecule has 90 valence electrons. The predicted octanol–water partition coefficient (Wildman–Crippen LogP) is 0.948. The second-order valence-corrected chi connectivity index (χ2v) is 3.64. The molecule has 0 bridgehead atoms. The lowest BCUT2D eigenvalue weighted by molar-refractivity contribution is -0.144. The number of aromatic nitrogens is 1. The first-order valence-corrected chi connectivity index (χ1v) is 5.35. The Hall–Kier alpha value is -1.93. The standard InChI is InChI=1S/C12H15N3O2/c1-3-17-12(16)9-15(2)8-10-4-5-14-11(6-10)7-13/h4-6H,3,8-9H2,1-2H3. The summed E-state index contributed by atoms with van der Waals surface area (Å²) in [6.45, 7) is 2.98. The summed E-state index contributed by atoms with van der Waals surface area (Å²) in [4.78, 5) is 17.0. The molecule has 0 N–H and O–H groups in total. The first kappa shape index (κ1) is 13.1. The molecule has 0 aliphatic carbocycles. The number of hydrogen-bond acceptors (Lipinski definition) is 5. The third-order valence-electron chi connectivity index (χ3n) is 2.10. The molecule has 0 saturated heterocycles. The summed E-state index contributed by atoms with van der Waals surface area (Å²) in [7, 11) is 1.82. The van der Waals surface area contributed by atoms with E-state index >= 15 is 0 Å². The molecule has 1 aromatic rings. The van der Waals surface area contributed by atoms with Crippen LogP contribution in [0.5, 0.6) is 0 Å². The van der Waals surface area contributed by atoms with Crippen molar-refractivity contribution in [3.05, 3.63) is 29.6 Å². The highest BCUT2D eigenvalue weighted by atomic mass is 16.5. The number of carbonyl (C=O) groups excluding carboxylic acids is 1. The van der Waals surface area contributed by atoms with Crippen molar-refractivity contribution in [2.24, 2.45) is 0 Å². The van der Waals surface area contributed by atoms with Crippen LogP contribution in [0.4, 0.5) is 0 Å². The molecule has 0 unspecified atom stereocenters. The molecule has 0 aliphatic heterocycles. The highest BCUT2D eigenvalue weighted by Crippen LogP contribution is 2.04. The molecule has 0 amide bonds. The third kappa shape index (κ3) is 4.62. The van der Waals surface area contributed by atoms with Crippen LogP contribution in [-0.4, -0.2) is 36.1 Å². The van der Waals surface area contributed by atoms with E-state index in [0.29, 0.717) is 18.8 Å². The maximum Gasteiger partial charge on any atom is 0.320 e. The molecule has 0 saturated carbocycles. The number of rotatable bonds is 5. The highest BCUT2D eigenvalue weighted by Gasteiger charge is 2.07. The Labute approximate surface area is 101 Å². The van der Waals surface area contributed by atoms with Gasteiger partial charge in [0.05, 0.1) is 13.2 Å². The quantitative estimate of drug-likeness (QED) is 0.708. The third-order valence-corrected chi connectivity index (χ3v) is 2.10. The Morgan fingerprint density at radius 3 is 3.06 bits per heavy atom. The van der Waals surface area contributed by atoms with Crippen molar-refractivity contribution in [1.82, 2.24) is 9.88 Å². The van der Waals surface area contributed by atoms with E-state index in [0.717, 1.165) is 5.56 Å². The number of nitrogens with zero attached hydrogens (tertiary/aromatic N) is 3. The van der Waals surface area contributed by atoms with Gasteiger partial charge >= 0.3 is 5.97 Å². The normalized spacial score (nSPS) is 10.0. The molecule has 0 aromatic carbocycles. The van der Waals surface area contributed by atoms with Gasteiger partial charge in [0, 0.05) is 12.7 Å². The van der Waals surface area contributed by atoms with Crippen LogP contribution in [0.25, 0.3) is 0 Å². The van der Waals surface area contributed by atoms with Crippen molar-refractivity contribution < 1.29 is 9.53 Å². The number of likely N-dealkylation sites (N-methyl/N-ethyl adjacent to an activating group) is 1. The average Bonchev–Trinajstić information content (AvgIpc) is 2.29. The molecule has 5 heteroatoms. The number of ether oxygens (including phenoxy) is 1. The lowest BCUT2D eigenvalue weighted by Gasteiger charge is -2.15. The van der Waals surface area contributed by atoms with Gasteiger partial charge in [0.15, 0.2) is 0 Å². The van der Waals surface area contributed by atoms with Gasteiger partial charge in [-0.05, 0) is 31.7 Å². The fourth-order valence-electron chi connectivity index (χ4n) is 1.43. The first-order valence-electron chi connectivity index (χ1n) is 5.35. The molecule has 0 radical (unpaired) electrons. The average molecular weight is 233 g/mol. The molecule has 0 fully saturated rings. The van der Waals surface area contributed by atoms with E-state index in [4.69, 9.17) is 10.00 Å². The minimum atomic E-state index is -0.246. The second kappa shape index (κ2) is 6.61. The van der Waals surface area contributed by atoms with E-state index < -0.39 is 0 Å². The van der Waals surface area contributed by atoms with E-state index in [9.17, 15) is 4.79 Å². The van der Waals surface area contributed by atoms with Crippen molar-refractivity contribution in [2.45, 2.75) is 13.5 Å². The van der Waals surface area contributed by atoms with Gasteiger partial charge in [0.1, 0.15) is 11.8 Å². The molecule has 5 nitrogen and oxygen atoms in total. The summed E-state index contributed by atoms with van der Waals surface area (Å²) in [5.41, 5.74) is 1.33. The SMILES string of the molecule is CCOC(=O)CN(C)Cc1ccnc(C#N)c1. The summed E-state index contributed by atoms with van der Waals surface area (Å²) in [6, 6.07) is 5.51. The molecule has 0 atom stereocenters. The Morgan fingerprint density at radius 1 is 1.65 bits per heavy atom. The minimum Gasteiger partial charge on any atom is -0.465 e. The van der Waals surface area contributed by atoms with Crippen molar-refractivity contribution in [1.29, 1.82) is 5.26 Å². The fraction of sp³-hybridized carbons (Fsp3) is 0.417. The Bertz CT molecular complexity index is 426. The first-order chi connectivity index (χ1) is 8.15. The van der Waals surface area contributed by atoms with Gasteiger partial charge in [-0.15, -0.1) is 0 Å². The van der Waals surface area contributed by atoms with Crippen molar-refractivity contribution in [3.63, 3.8) is 0 Å². The second-order valence-electron chi connectivity index (χ2n) is 3.64. The monoisotopic (exact) mass is 233 g/mol. The number of esters is 1. The van der Waals surface area contributed by atoms with Gasteiger partial charge in [-0.2, -0.15) is 5.26 Å². The van der Waals surface area contributed by atoms with Crippen LogP contribution in [0.3, 0.4) is 0 Å². The van der Waals surface area contributed by atoms with Crippen molar-refractivity contribution in [2.75, 3.05) is 20.2 Å². The fourth-order valence-corrected chi connectivity index (χ4v) is 1.43. The molecule has 1 rings (SSSR count). The van der Waals surface area contributed by atoms with Gasteiger partial charge in [0.25, 0.3) is 0 Å². The minimum absolute atomic E-state index is 0.234. The van der Waals surface area contributed by atoms with Crippen LogP contribution in [-0.2, 0) is 16.1 Å².